The van der Waals surface area contributed by atoms with Crippen LogP contribution in [0, 0.1) is 0 Å². The number of aliphatic hydroxyl groups is 5. The van der Waals surface area contributed by atoms with Gasteiger partial charge in [0.25, 0.3) is 0 Å². The molecular weight excluding hydrogens is 168 g/mol. The van der Waals surface area contributed by atoms with Crippen LogP contribution in [0.15, 0.2) is 0 Å². The average Bonchev–Trinajstić information content (AvgIpc) is 2.08. The van der Waals surface area contributed by atoms with Crippen LogP contribution in [-0.2, 0) is 4.79 Å². The lowest BCUT2D eigenvalue weighted by atomic mass is 9.86. The van der Waals surface area contributed by atoms with E-state index in [0.717, 1.165) is 0 Å². The van der Waals surface area contributed by atoms with E-state index in [2.05, 4.69) is 0 Å². The molecule has 0 aliphatic heterocycles. The summed E-state index contributed by atoms with van der Waals surface area (Å²) in [6.07, 6.45) is -8.85. The minimum Gasteiger partial charge on any atom is -0.387 e. The maximum Gasteiger partial charge on any atom is 0.195 e. The van der Waals surface area contributed by atoms with Crippen molar-refractivity contribution >= 4 is 5.78 Å². The van der Waals surface area contributed by atoms with Crippen molar-refractivity contribution in [1.29, 1.82) is 0 Å². The molecule has 0 aromatic heterocycles. The van der Waals surface area contributed by atoms with Crippen molar-refractivity contribution in [3.63, 3.8) is 0 Å². The van der Waals surface area contributed by atoms with Crippen molar-refractivity contribution in [2.45, 2.75) is 30.5 Å². The molecule has 5 atom stereocenters. The summed E-state index contributed by atoms with van der Waals surface area (Å²) in [5, 5.41) is 44.5. The number of carbonyl (C=O) groups excluding carboxylic acids is 1. The monoisotopic (exact) mass is 178 g/mol. The normalized spacial score (nSPS) is 49.4. The van der Waals surface area contributed by atoms with Gasteiger partial charge in [-0.25, -0.2) is 0 Å². The molecule has 1 fully saturated rings. The Balaban J connectivity index is 2.83. The molecule has 12 heavy (non-hydrogen) atoms. The summed E-state index contributed by atoms with van der Waals surface area (Å²) in [7, 11) is 0. The Hall–Kier alpha value is -0.530. The number of hydrogen-bond donors (Lipinski definition) is 5. The molecule has 0 aromatic carbocycles. The summed E-state index contributed by atoms with van der Waals surface area (Å²) in [5.41, 5.74) is 0. The Morgan fingerprint density at radius 3 is 1.42 bits per heavy atom. The zero-order valence-electron chi connectivity index (χ0n) is 6.03. The molecule has 6 nitrogen and oxygen atoms in total. The molecule has 0 amide bonds. The van der Waals surface area contributed by atoms with Crippen molar-refractivity contribution in [1.82, 2.24) is 0 Å². The zero-order chi connectivity index (χ0) is 9.46. The third-order valence-electron chi connectivity index (χ3n) is 1.93. The van der Waals surface area contributed by atoms with Gasteiger partial charge in [-0.05, 0) is 0 Å². The standard InChI is InChI=1S/C6H10O6/c7-1-2(8)4(10)6(12)5(11)3(1)9/h1-5,7-11H/t1-,2-,3?,4?,5-/m1/s1. The van der Waals surface area contributed by atoms with Crippen molar-refractivity contribution in [3.05, 3.63) is 0 Å². The molecule has 2 unspecified atom stereocenters. The van der Waals surface area contributed by atoms with E-state index in [1.54, 1.807) is 0 Å². The van der Waals surface area contributed by atoms with Crippen LogP contribution in [0.3, 0.4) is 0 Å². The van der Waals surface area contributed by atoms with Crippen LogP contribution < -0.4 is 0 Å². The first-order chi connectivity index (χ1) is 5.46. The van der Waals surface area contributed by atoms with Crippen LogP contribution >= 0.6 is 0 Å². The molecule has 0 heterocycles. The van der Waals surface area contributed by atoms with Crippen molar-refractivity contribution in [3.8, 4) is 0 Å². The molecule has 0 aromatic rings. The van der Waals surface area contributed by atoms with Crippen LogP contribution in [0.2, 0.25) is 0 Å². The highest BCUT2D eigenvalue weighted by Crippen LogP contribution is 2.17. The van der Waals surface area contributed by atoms with Crippen molar-refractivity contribution in [2.24, 2.45) is 0 Å². The number of hydrogen-bond acceptors (Lipinski definition) is 6. The molecule has 1 aliphatic carbocycles. The predicted octanol–water partition coefficient (Wildman–Crippen LogP) is -3.63. The Kier molecular flexibility index (Phi) is 2.45. The summed E-state index contributed by atoms with van der Waals surface area (Å²) in [5.74, 6) is -1.08. The fourth-order valence-electron chi connectivity index (χ4n) is 1.09. The first-order valence-corrected chi connectivity index (χ1v) is 3.41. The molecule has 0 spiro atoms. The van der Waals surface area contributed by atoms with Gasteiger partial charge >= 0.3 is 0 Å². The SMILES string of the molecule is O=C1C(O)[C@H](O)[C@@H](O)C(O)[C@H]1O. The second kappa shape index (κ2) is 3.08. The number of rotatable bonds is 0. The van der Waals surface area contributed by atoms with E-state index in [9.17, 15) is 4.79 Å². The number of aliphatic hydroxyl groups excluding tert-OH is 5. The van der Waals surface area contributed by atoms with Gasteiger partial charge in [0.15, 0.2) is 5.78 Å². The van der Waals surface area contributed by atoms with Crippen molar-refractivity contribution in [2.75, 3.05) is 0 Å². The Labute approximate surface area is 67.7 Å². The highest BCUT2D eigenvalue weighted by Gasteiger charge is 2.47. The molecule has 0 radical (unpaired) electrons. The van der Waals surface area contributed by atoms with Crippen LogP contribution in [0.4, 0.5) is 0 Å². The quantitative estimate of drug-likeness (QED) is 0.261. The predicted molar refractivity (Wildman–Crippen MR) is 35.0 cm³/mol. The van der Waals surface area contributed by atoms with Crippen LogP contribution in [0.25, 0.3) is 0 Å². The van der Waals surface area contributed by atoms with Gasteiger partial charge in [-0.1, -0.05) is 0 Å². The highest BCUT2D eigenvalue weighted by atomic mass is 16.4. The van der Waals surface area contributed by atoms with E-state index in [-0.39, 0.29) is 0 Å². The maximum atomic E-state index is 10.8. The zero-order valence-corrected chi connectivity index (χ0v) is 6.03. The molecule has 0 saturated heterocycles. The summed E-state index contributed by atoms with van der Waals surface area (Å²) in [4.78, 5) is 10.8. The second-order valence-electron chi connectivity index (χ2n) is 2.76. The minimum atomic E-state index is -1.83. The number of Topliss-reactive ketones (excluding diaryl/α,β-unsaturated/α-hetero) is 1. The molecule has 1 saturated carbocycles. The smallest absolute Gasteiger partial charge is 0.195 e. The third kappa shape index (κ3) is 1.23. The molecular formula is C6H10O6. The second-order valence-corrected chi connectivity index (χ2v) is 2.76. The summed E-state index contributed by atoms with van der Waals surface area (Å²) < 4.78 is 0. The number of carbonyl (C=O) groups is 1. The van der Waals surface area contributed by atoms with Crippen LogP contribution in [-0.4, -0.2) is 61.8 Å². The van der Waals surface area contributed by atoms with Gasteiger partial charge in [0.2, 0.25) is 0 Å². The molecule has 6 heteroatoms. The fraction of sp³-hybridized carbons (Fsp3) is 0.833. The summed E-state index contributed by atoms with van der Waals surface area (Å²) >= 11 is 0. The van der Waals surface area contributed by atoms with E-state index < -0.39 is 36.3 Å². The van der Waals surface area contributed by atoms with Gasteiger partial charge in [0.05, 0.1) is 0 Å². The van der Waals surface area contributed by atoms with Gasteiger partial charge in [-0.3, -0.25) is 4.79 Å². The molecule has 1 rings (SSSR count). The van der Waals surface area contributed by atoms with Gasteiger partial charge in [-0.2, -0.15) is 0 Å². The molecule has 5 N–H and O–H groups in total. The van der Waals surface area contributed by atoms with Gasteiger partial charge in [-0.15, -0.1) is 0 Å². The minimum absolute atomic E-state index is 1.08. The van der Waals surface area contributed by atoms with E-state index in [1.807, 2.05) is 0 Å². The Morgan fingerprint density at radius 2 is 1.08 bits per heavy atom. The van der Waals surface area contributed by atoms with Crippen LogP contribution in [0.5, 0.6) is 0 Å². The Morgan fingerprint density at radius 1 is 0.750 bits per heavy atom. The van der Waals surface area contributed by atoms with E-state index in [1.165, 1.54) is 0 Å². The fourth-order valence-corrected chi connectivity index (χ4v) is 1.09. The topological polar surface area (TPSA) is 118 Å². The van der Waals surface area contributed by atoms with E-state index in [0.29, 0.717) is 0 Å². The van der Waals surface area contributed by atoms with Gasteiger partial charge < -0.3 is 25.5 Å². The molecule has 1 aliphatic rings. The maximum absolute atomic E-state index is 10.8. The third-order valence-corrected chi connectivity index (χ3v) is 1.93. The first kappa shape index (κ1) is 9.56. The van der Waals surface area contributed by atoms with E-state index in [4.69, 9.17) is 25.5 Å². The summed E-state index contributed by atoms with van der Waals surface area (Å²) in [6, 6.07) is 0. The van der Waals surface area contributed by atoms with Crippen molar-refractivity contribution < 1.29 is 30.3 Å². The highest BCUT2D eigenvalue weighted by molar-refractivity contribution is 5.89. The largest absolute Gasteiger partial charge is 0.387 e. The lowest BCUT2D eigenvalue weighted by Gasteiger charge is -2.34. The van der Waals surface area contributed by atoms with Gasteiger partial charge in [0.1, 0.15) is 30.5 Å². The molecule has 0 bridgehead atoms. The van der Waals surface area contributed by atoms with Gasteiger partial charge in [0, 0.05) is 0 Å². The lowest BCUT2D eigenvalue weighted by Crippen LogP contribution is -2.61. The average molecular weight is 178 g/mol. The Bertz CT molecular complexity index is 174. The van der Waals surface area contributed by atoms with Crippen LogP contribution in [0.1, 0.15) is 0 Å². The first-order valence-electron chi connectivity index (χ1n) is 3.41. The van der Waals surface area contributed by atoms with E-state index >= 15 is 0 Å². The molecule has 70 valence electrons. The summed E-state index contributed by atoms with van der Waals surface area (Å²) in [6.45, 7) is 0. The lowest BCUT2D eigenvalue weighted by molar-refractivity contribution is -0.185. The number of ketones is 1.